The fraction of sp³-hybridized carbons (Fsp3) is 0.870. The van der Waals surface area contributed by atoms with Crippen molar-refractivity contribution in [2.24, 2.45) is 5.92 Å². The Morgan fingerprint density at radius 2 is 1.72 bits per heavy atom. The highest BCUT2D eigenvalue weighted by Crippen LogP contribution is 2.40. The Bertz CT molecular complexity index is 460. The monoisotopic (exact) mass is 414 g/mol. The minimum absolute atomic E-state index is 0.239. The van der Waals surface area contributed by atoms with Crippen LogP contribution < -0.4 is 0 Å². The summed E-state index contributed by atoms with van der Waals surface area (Å²) in [6.07, 6.45) is 14.6. The molecule has 1 saturated heterocycles. The molecule has 0 spiro atoms. The molecule has 29 heavy (non-hydrogen) atoms. The van der Waals surface area contributed by atoms with E-state index in [1.165, 1.54) is 19.3 Å². The zero-order chi connectivity index (χ0) is 21.5. The van der Waals surface area contributed by atoms with E-state index in [-0.39, 0.29) is 25.0 Å². The highest BCUT2D eigenvalue weighted by atomic mass is 16.5. The Morgan fingerprint density at radius 1 is 1.03 bits per heavy atom. The third-order valence-electron chi connectivity index (χ3n) is 6.01. The van der Waals surface area contributed by atoms with Gasteiger partial charge in [0.05, 0.1) is 25.4 Å². The van der Waals surface area contributed by atoms with Crippen LogP contribution in [0.3, 0.4) is 0 Å². The van der Waals surface area contributed by atoms with Gasteiger partial charge in [0, 0.05) is 12.3 Å². The van der Waals surface area contributed by atoms with Crippen molar-refractivity contribution in [3.63, 3.8) is 0 Å². The number of aliphatic carboxylic acids is 1. The van der Waals surface area contributed by atoms with Gasteiger partial charge in [0.1, 0.15) is 0 Å². The maximum Gasteiger partial charge on any atom is 0.336 e. The van der Waals surface area contributed by atoms with Gasteiger partial charge in [-0.05, 0) is 38.5 Å². The highest BCUT2D eigenvalue weighted by molar-refractivity contribution is 5.78. The normalized spacial score (nSPS) is 22.3. The van der Waals surface area contributed by atoms with Gasteiger partial charge < -0.3 is 25.2 Å². The van der Waals surface area contributed by atoms with Crippen LogP contribution in [-0.4, -0.2) is 57.4 Å². The second-order valence-electron chi connectivity index (χ2n) is 8.41. The molecule has 3 unspecified atom stereocenters. The maximum absolute atomic E-state index is 11.7. The Balaban J connectivity index is 2.22. The van der Waals surface area contributed by atoms with Gasteiger partial charge in [-0.2, -0.15) is 0 Å². The Morgan fingerprint density at radius 3 is 2.31 bits per heavy atom. The van der Waals surface area contributed by atoms with Gasteiger partial charge in [-0.1, -0.05) is 57.6 Å². The number of ether oxygens (including phenoxy) is 1. The lowest BCUT2D eigenvalue weighted by Crippen LogP contribution is -2.57. The van der Waals surface area contributed by atoms with E-state index in [0.717, 1.165) is 38.5 Å². The summed E-state index contributed by atoms with van der Waals surface area (Å²) in [5.74, 6) is -1.25. The molecule has 0 aromatic carbocycles. The molecule has 1 aliphatic rings. The number of hydrogen-bond donors (Lipinski definition) is 4. The molecule has 1 rings (SSSR count). The van der Waals surface area contributed by atoms with Crippen molar-refractivity contribution in [2.75, 3.05) is 13.2 Å². The molecule has 0 radical (unpaired) electrons. The van der Waals surface area contributed by atoms with Crippen molar-refractivity contribution in [3.8, 4) is 0 Å². The molecule has 1 heterocycles. The van der Waals surface area contributed by atoms with Gasteiger partial charge in [-0.25, -0.2) is 4.79 Å². The van der Waals surface area contributed by atoms with Crippen LogP contribution in [0.4, 0.5) is 0 Å². The van der Waals surface area contributed by atoms with Crippen molar-refractivity contribution in [2.45, 2.75) is 108 Å². The van der Waals surface area contributed by atoms with Crippen LogP contribution in [0.5, 0.6) is 0 Å². The first-order valence-corrected chi connectivity index (χ1v) is 11.5. The standard InChI is InChI=1S/C23H42O6/c1-2-3-4-10-13-20(25)14-11-8-6-5-7-9-12-19(17-21(26)18-24)23(22(27)28)15-16-29-23/h8,11,19-21,24-26H,2-7,9-10,12-18H2,1H3,(H,27,28)/b11-8-/t19?,20-,21?,23?/m1/s1. The molecule has 6 heteroatoms. The molecule has 1 aliphatic heterocycles. The second-order valence-corrected chi connectivity index (χ2v) is 8.41. The third-order valence-corrected chi connectivity index (χ3v) is 6.01. The lowest BCUT2D eigenvalue weighted by molar-refractivity contribution is -0.214. The first-order valence-electron chi connectivity index (χ1n) is 11.5. The number of rotatable bonds is 18. The van der Waals surface area contributed by atoms with E-state index >= 15 is 0 Å². The molecular weight excluding hydrogens is 372 g/mol. The van der Waals surface area contributed by atoms with Crippen molar-refractivity contribution in [1.82, 2.24) is 0 Å². The molecule has 0 amide bonds. The predicted octanol–water partition coefficient (Wildman–Crippen LogP) is 3.82. The molecule has 0 aromatic heterocycles. The van der Waals surface area contributed by atoms with Gasteiger partial charge in [-0.3, -0.25) is 0 Å². The summed E-state index contributed by atoms with van der Waals surface area (Å²) in [4.78, 5) is 11.7. The van der Waals surface area contributed by atoms with E-state index in [1.807, 2.05) is 0 Å². The van der Waals surface area contributed by atoms with Gasteiger partial charge >= 0.3 is 5.97 Å². The van der Waals surface area contributed by atoms with E-state index in [1.54, 1.807) is 0 Å². The minimum atomic E-state index is -1.19. The summed E-state index contributed by atoms with van der Waals surface area (Å²) < 4.78 is 5.43. The molecule has 4 N–H and O–H groups in total. The summed E-state index contributed by atoms with van der Waals surface area (Å²) in [6.45, 7) is 2.26. The molecule has 6 nitrogen and oxygen atoms in total. The van der Waals surface area contributed by atoms with Crippen molar-refractivity contribution in [3.05, 3.63) is 12.2 Å². The molecule has 0 saturated carbocycles. The highest BCUT2D eigenvalue weighted by Gasteiger charge is 2.52. The Hall–Kier alpha value is -0.950. The summed E-state index contributed by atoms with van der Waals surface area (Å²) in [5.41, 5.74) is -1.19. The average Bonchev–Trinajstić information content (AvgIpc) is 2.65. The lowest BCUT2D eigenvalue weighted by Gasteiger charge is -2.44. The van der Waals surface area contributed by atoms with Gasteiger partial charge in [-0.15, -0.1) is 0 Å². The first-order chi connectivity index (χ1) is 14.0. The lowest BCUT2D eigenvalue weighted by atomic mass is 9.75. The maximum atomic E-state index is 11.7. The number of hydrogen-bond acceptors (Lipinski definition) is 5. The zero-order valence-electron chi connectivity index (χ0n) is 18.1. The molecule has 0 bridgehead atoms. The summed E-state index contributed by atoms with van der Waals surface area (Å²) in [6, 6.07) is 0. The summed E-state index contributed by atoms with van der Waals surface area (Å²) in [7, 11) is 0. The van der Waals surface area contributed by atoms with E-state index in [9.17, 15) is 20.1 Å². The van der Waals surface area contributed by atoms with Gasteiger partial charge in [0.15, 0.2) is 5.60 Å². The van der Waals surface area contributed by atoms with E-state index < -0.39 is 17.7 Å². The van der Waals surface area contributed by atoms with E-state index in [4.69, 9.17) is 9.84 Å². The van der Waals surface area contributed by atoms with Crippen LogP contribution in [0.15, 0.2) is 12.2 Å². The van der Waals surface area contributed by atoms with Crippen LogP contribution >= 0.6 is 0 Å². The number of carboxylic acid groups (broad SMARTS) is 1. The number of aliphatic hydroxyl groups is 3. The van der Waals surface area contributed by atoms with Gasteiger partial charge in [0.2, 0.25) is 0 Å². The summed E-state index contributed by atoms with van der Waals surface area (Å²) in [5, 5.41) is 38.4. The minimum Gasteiger partial charge on any atom is -0.479 e. The van der Waals surface area contributed by atoms with Crippen LogP contribution in [0.25, 0.3) is 0 Å². The number of aliphatic hydroxyl groups excluding tert-OH is 3. The number of allylic oxidation sites excluding steroid dienone is 1. The SMILES string of the molecule is CCCCCC[C@@H](O)C/C=C\CCCCCC(CC(O)CO)C1(C(=O)O)CCO1. The molecule has 0 aliphatic carbocycles. The first kappa shape index (κ1) is 26.1. The van der Waals surface area contributed by atoms with Crippen molar-refractivity contribution in [1.29, 1.82) is 0 Å². The second kappa shape index (κ2) is 14.9. The largest absolute Gasteiger partial charge is 0.479 e. The molecular formula is C23H42O6. The van der Waals surface area contributed by atoms with Crippen LogP contribution in [0.2, 0.25) is 0 Å². The third kappa shape index (κ3) is 9.60. The van der Waals surface area contributed by atoms with Crippen LogP contribution in [-0.2, 0) is 9.53 Å². The predicted molar refractivity (Wildman–Crippen MR) is 114 cm³/mol. The van der Waals surface area contributed by atoms with Crippen LogP contribution in [0, 0.1) is 5.92 Å². The Labute approximate surface area is 176 Å². The van der Waals surface area contributed by atoms with Crippen molar-refractivity contribution < 1.29 is 30.0 Å². The summed E-state index contributed by atoms with van der Waals surface area (Å²) >= 11 is 0. The van der Waals surface area contributed by atoms with Gasteiger partial charge in [0.25, 0.3) is 0 Å². The molecule has 170 valence electrons. The topological polar surface area (TPSA) is 107 Å². The molecule has 1 fully saturated rings. The van der Waals surface area contributed by atoms with Crippen molar-refractivity contribution >= 4 is 5.97 Å². The molecule has 0 aromatic rings. The number of carboxylic acids is 1. The molecule has 4 atom stereocenters. The van der Waals surface area contributed by atoms with E-state index in [0.29, 0.717) is 25.9 Å². The Kier molecular flexibility index (Phi) is 13.4. The number of carbonyl (C=O) groups is 1. The fourth-order valence-electron chi connectivity index (χ4n) is 4.06. The smallest absolute Gasteiger partial charge is 0.336 e. The van der Waals surface area contributed by atoms with E-state index in [2.05, 4.69) is 19.1 Å². The zero-order valence-corrected chi connectivity index (χ0v) is 18.1. The fourth-order valence-corrected chi connectivity index (χ4v) is 4.06. The number of unbranched alkanes of at least 4 members (excludes halogenated alkanes) is 6. The quantitative estimate of drug-likeness (QED) is 0.201. The average molecular weight is 415 g/mol. The van der Waals surface area contributed by atoms with Crippen LogP contribution in [0.1, 0.15) is 90.4 Å².